The van der Waals surface area contributed by atoms with E-state index < -0.39 is 26.6 Å². The molecular formula is C18H18N2O5S. The fourth-order valence-corrected chi connectivity index (χ4v) is 6.10. The summed E-state index contributed by atoms with van der Waals surface area (Å²) in [5, 5.41) is 11.3. The third-order valence-electron chi connectivity index (χ3n) is 5.47. The van der Waals surface area contributed by atoms with Crippen molar-refractivity contribution in [3.8, 4) is 0 Å². The number of ketones is 1. The largest absolute Gasteiger partial charge is 0.299 e. The Labute approximate surface area is 150 Å². The van der Waals surface area contributed by atoms with Gasteiger partial charge in [-0.15, -0.1) is 0 Å². The number of fused-ring (bicyclic) bond motifs is 1. The first kappa shape index (κ1) is 17.1. The molecule has 0 spiro atoms. The minimum Gasteiger partial charge on any atom is -0.299 e. The van der Waals surface area contributed by atoms with E-state index in [4.69, 9.17) is 0 Å². The number of carbonyl (C=O) groups excluding carboxylic acids is 1. The molecule has 0 saturated heterocycles. The molecule has 4 rings (SSSR count). The number of nitro groups is 1. The summed E-state index contributed by atoms with van der Waals surface area (Å²) in [6, 6.07) is 4.74. The number of carbonyl (C=O) groups is 1. The molecule has 0 radical (unpaired) electrons. The van der Waals surface area contributed by atoms with E-state index >= 15 is 0 Å². The van der Waals surface area contributed by atoms with Gasteiger partial charge in [0.15, 0.2) is 9.84 Å². The predicted molar refractivity (Wildman–Crippen MR) is 95.8 cm³/mol. The maximum Gasteiger partial charge on any atom is 0.272 e. The van der Waals surface area contributed by atoms with Crippen molar-refractivity contribution in [1.82, 2.24) is 0 Å². The van der Waals surface area contributed by atoms with Gasteiger partial charge in [0.25, 0.3) is 5.69 Å². The van der Waals surface area contributed by atoms with Crippen molar-refractivity contribution in [2.75, 3.05) is 5.75 Å². The van der Waals surface area contributed by atoms with Crippen molar-refractivity contribution in [2.24, 2.45) is 10.9 Å². The van der Waals surface area contributed by atoms with E-state index in [0.29, 0.717) is 42.5 Å². The second kappa shape index (κ2) is 5.84. The molecular weight excluding hydrogens is 356 g/mol. The maximum atomic E-state index is 12.7. The number of sulfone groups is 1. The average molecular weight is 374 g/mol. The van der Waals surface area contributed by atoms with Crippen LogP contribution in [0.1, 0.15) is 42.7 Å². The highest BCUT2D eigenvalue weighted by Gasteiger charge is 2.48. The van der Waals surface area contributed by atoms with Crippen LogP contribution in [0.4, 0.5) is 5.69 Å². The molecule has 136 valence electrons. The number of nitrogens with zero attached hydrogens (tertiary/aromatic N) is 2. The number of allylic oxidation sites excluding steroid dienone is 2. The Kier molecular flexibility index (Phi) is 3.83. The molecule has 8 heteroatoms. The van der Waals surface area contributed by atoms with E-state index in [-0.39, 0.29) is 22.1 Å². The fraction of sp³-hybridized carbons (Fsp3) is 0.444. The van der Waals surface area contributed by atoms with Crippen molar-refractivity contribution in [3.05, 3.63) is 50.0 Å². The Bertz CT molecular complexity index is 1010. The predicted octanol–water partition coefficient (Wildman–Crippen LogP) is 2.84. The quantitative estimate of drug-likeness (QED) is 0.584. The third-order valence-corrected chi connectivity index (χ3v) is 7.37. The first-order valence-corrected chi connectivity index (χ1v) is 10.3. The van der Waals surface area contributed by atoms with Crippen molar-refractivity contribution in [1.29, 1.82) is 0 Å². The summed E-state index contributed by atoms with van der Waals surface area (Å²) < 4.78 is 25.3. The van der Waals surface area contributed by atoms with Crippen LogP contribution in [0.2, 0.25) is 0 Å². The lowest BCUT2D eigenvalue weighted by Gasteiger charge is -2.34. The van der Waals surface area contributed by atoms with Gasteiger partial charge in [-0.3, -0.25) is 19.9 Å². The minimum atomic E-state index is -3.51. The molecule has 2 heterocycles. The van der Waals surface area contributed by atoms with Crippen LogP contribution in [0, 0.1) is 23.0 Å². The van der Waals surface area contributed by atoms with Gasteiger partial charge in [-0.05, 0) is 25.3 Å². The zero-order valence-electron chi connectivity index (χ0n) is 14.3. The average Bonchev–Trinajstić information content (AvgIpc) is 2.89. The van der Waals surface area contributed by atoms with E-state index in [1.165, 1.54) is 6.07 Å². The van der Waals surface area contributed by atoms with Crippen molar-refractivity contribution < 1.29 is 18.1 Å². The highest BCUT2D eigenvalue weighted by Crippen LogP contribution is 2.48. The summed E-state index contributed by atoms with van der Waals surface area (Å²) in [6.45, 7) is 1.64. The molecule has 26 heavy (non-hydrogen) atoms. The van der Waals surface area contributed by atoms with Crippen LogP contribution in [0.15, 0.2) is 33.8 Å². The number of hydrogen-bond acceptors (Lipinski definition) is 6. The zero-order chi connectivity index (χ0) is 18.6. The molecule has 0 bridgehead atoms. The van der Waals surface area contributed by atoms with Crippen LogP contribution < -0.4 is 0 Å². The molecule has 7 nitrogen and oxygen atoms in total. The summed E-state index contributed by atoms with van der Waals surface area (Å²) >= 11 is 0. The second-order valence-electron chi connectivity index (χ2n) is 7.06. The molecule has 2 aliphatic heterocycles. The van der Waals surface area contributed by atoms with Crippen molar-refractivity contribution in [3.63, 3.8) is 0 Å². The number of aliphatic imine (C=N–C) groups is 1. The van der Waals surface area contributed by atoms with Gasteiger partial charge >= 0.3 is 0 Å². The van der Waals surface area contributed by atoms with Crippen LogP contribution in [0.3, 0.4) is 0 Å². The first-order valence-electron chi connectivity index (χ1n) is 8.60. The van der Waals surface area contributed by atoms with E-state index in [1.54, 1.807) is 19.1 Å². The molecule has 1 aromatic carbocycles. The minimum absolute atomic E-state index is 0.0141. The third kappa shape index (κ3) is 2.51. The Morgan fingerprint density at radius 3 is 2.69 bits per heavy atom. The fourth-order valence-electron chi connectivity index (χ4n) is 4.26. The van der Waals surface area contributed by atoms with Gasteiger partial charge in [-0.25, -0.2) is 8.42 Å². The second-order valence-corrected chi connectivity index (χ2v) is 9.14. The molecule has 1 aliphatic carbocycles. The van der Waals surface area contributed by atoms with E-state index in [9.17, 15) is 23.3 Å². The zero-order valence-corrected chi connectivity index (χ0v) is 15.1. The summed E-state index contributed by atoms with van der Waals surface area (Å²) in [5.74, 6) is -1.37. The Balaban J connectivity index is 1.95. The summed E-state index contributed by atoms with van der Waals surface area (Å²) in [4.78, 5) is 28.3. The van der Waals surface area contributed by atoms with Gasteiger partial charge < -0.3 is 0 Å². The Morgan fingerprint density at radius 2 is 1.96 bits per heavy atom. The molecule has 1 aromatic rings. The SMILES string of the molecule is Cc1ccc(C2C3=C(CCS3(=O)=O)N=C3CCCC(=O)C32)cc1[N+](=O)[O-]. The lowest BCUT2D eigenvalue weighted by molar-refractivity contribution is -0.385. The lowest BCUT2D eigenvalue weighted by Crippen LogP contribution is -2.37. The monoisotopic (exact) mass is 374 g/mol. The Hall–Kier alpha value is -2.35. The molecule has 0 amide bonds. The van der Waals surface area contributed by atoms with Gasteiger partial charge in [0.2, 0.25) is 0 Å². The van der Waals surface area contributed by atoms with Gasteiger partial charge in [-0.2, -0.15) is 0 Å². The van der Waals surface area contributed by atoms with Crippen molar-refractivity contribution in [2.45, 2.75) is 38.5 Å². The highest BCUT2D eigenvalue weighted by molar-refractivity contribution is 7.95. The maximum absolute atomic E-state index is 12.7. The van der Waals surface area contributed by atoms with Crippen molar-refractivity contribution >= 4 is 27.0 Å². The number of nitro benzene ring substituents is 1. The van der Waals surface area contributed by atoms with Crippen LogP contribution >= 0.6 is 0 Å². The number of aryl methyl sites for hydroxylation is 1. The standard InChI is InChI=1S/C18H18N2O5S/c1-10-5-6-11(9-14(10)20(22)23)16-17-12(3-2-4-15(17)21)19-13-7-8-26(24,25)18(13)16/h5-6,9,16-17H,2-4,7-8H2,1H3. The number of rotatable bonds is 2. The van der Waals surface area contributed by atoms with Gasteiger partial charge in [0.05, 0.1) is 27.2 Å². The van der Waals surface area contributed by atoms with Crippen LogP contribution in [0.25, 0.3) is 0 Å². The smallest absolute Gasteiger partial charge is 0.272 e. The normalized spacial score (nSPS) is 27.0. The number of Topliss-reactive ketones (excluding diaryl/α,β-unsaturated/α-hetero) is 1. The molecule has 3 aliphatic rings. The molecule has 0 aromatic heterocycles. The number of benzene rings is 1. The molecule has 1 fully saturated rings. The van der Waals surface area contributed by atoms with Gasteiger partial charge in [-0.1, -0.05) is 12.1 Å². The highest BCUT2D eigenvalue weighted by atomic mass is 32.2. The Morgan fingerprint density at radius 1 is 1.19 bits per heavy atom. The van der Waals surface area contributed by atoms with Crippen LogP contribution in [0.5, 0.6) is 0 Å². The van der Waals surface area contributed by atoms with E-state index in [1.807, 2.05) is 0 Å². The molecule has 2 unspecified atom stereocenters. The lowest BCUT2D eigenvalue weighted by atomic mass is 9.72. The molecule has 1 saturated carbocycles. The topological polar surface area (TPSA) is 107 Å². The van der Waals surface area contributed by atoms with E-state index in [0.717, 1.165) is 5.71 Å². The van der Waals surface area contributed by atoms with E-state index in [2.05, 4.69) is 4.99 Å². The summed E-state index contributed by atoms with van der Waals surface area (Å²) in [5.41, 5.74) is 2.20. The van der Waals surface area contributed by atoms with Crippen LogP contribution in [-0.4, -0.2) is 30.6 Å². The molecule has 2 atom stereocenters. The first-order chi connectivity index (χ1) is 12.3. The molecule has 0 N–H and O–H groups in total. The summed E-state index contributed by atoms with van der Waals surface area (Å²) in [6.07, 6.45) is 2.10. The van der Waals surface area contributed by atoms with Gasteiger partial charge in [0, 0.05) is 36.1 Å². The summed E-state index contributed by atoms with van der Waals surface area (Å²) in [7, 11) is -3.51. The van der Waals surface area contributed by atoms with Crippen LogP contribution in [-0.2, 0) is 14.6 Å². The van der Waals surface area contributed by atoms with Gasteiger partial charge in [0.1, 0.15) is 5.78 Å². The number of hydrogen-bond donors (Lipinski definition) is 0.